The van der Waals surface area contributed by atoms with Gasteiger partial charge in [0, 0.05) is 7.05 Å². The number of anilines is 1. The van der Waals surface area contributed by atoms with E-state index in [1.165, 1.54) is 4.68 Å². The maximum absolute atomic E-state index is 11.9. The lowest BCUT2D eigenvalue weighted by atomic mass is 10.1. The lowest BCUT2D eigenvalue weighted by Gasteiger charge is -2.15. The molecule has 0 spiro atoms. The molecule has 96 valence electrons. The second kappa shape index (κ2) is 5.21. The van der Waals surface area contributed by atoms with Crippen molar-refractivity contribution in [2.45, 2.75) is 40.2 Å². The molecule has 1 aromatic rings. The molecule has 1 rings (SSSR count). The molecule has 0 amide bonds. The van der Waals surface area contributed by atoms with Crippen LogP contribution in [0.1, 0.15) is 43.4 Å². The highest BCUT2D eigenvalue weighted by atomic mass is 16.5. The number of aryl methyl sites for hydroxylation is 2. The van der Waals surface area contributed by atoms with E-state index in [9.17, 15) is 4.79 Å². The van der Waals surface area contributed by atoms with Crippen LogP contribution in [-0.2, 0) is 11.8 Å². The van der Waals surface area contributed by atoms with E-state index in [-0.39, 0.29) is 6.10 Å². The first-order valence-corrected chi connectivity index (χ1v) is 5.83. The predicted molar refractivity (Wildman–Crippen MR) is 66.7 cm³/mol. The minimum absolute atomic E-state index is 0.114. The maximum atomic E-state index is 11.9. The van der Waals surface area contributed by atoms with Gasteiger partial charge in [-0.15, -0.1) is 0 Å². The van der Waals surface area contributed by atoms with Crippen LogP contribution in [0.3, 0.4) is 0 Å². The van der Waals surface area contributed by atoms with Crippen molar-refractivity contribution in [2.24, 2.45) is 13.0 Å². The topological polar surface area (TPSA) is 70.1 Å². The molecule has 0 radical (unpaired) electrons. The molecule has 0 aliphatic heterocycles. The number of nitrogens with zero attached hydrogens (tertiary/aromatic N) is 2. The second-order valence-electron chi connectivity index (χ2n) is 4.82. The minimum Gasteiger partial charge on any atom is -0.458 e. The lowest BCUT2D eigenvalue weighted by molar-refractivity contribution is 0.0288. The summed E-state index contributed by atoms with van der Waals surface area (Å²) in [5.41, 5.74) is 7.18. The second-order valence-corrected chi connectivity index (χ2v) is 4.82. The van der Waals surface area contributed by atoms with Crippen molar-refractivity contribution in [3.8, 4) is 0 Å². The number of esters is 1. The monoisotopic (exact) mass is 239 g/mol. The van der Waals surface area contributed by atoms with Crippen molar-refractivity contribution in [3.05, 3.63) is 11.4 Å². The van der Waals surface area contributed by atoms with Gasteiger partial charge in [-0.2, -0.15) is 5.10 Å². The molecule has 0 aromatic carbocycles. The third kappa shape index (κ3) is 3.22. The van der Waals surface area contributed by atoms with Gasteiger partial charge >= 0.3 is 5.97 Å². The van der Waals surface area contributed by atoms with E-state index >= 15 is 0 Å². The van der Waals surface area contributed by atoms with Gasteiger partial charge in [-0.25, -0.2) is 4.79 Å². The zero-order chi connectivity index (χ0) is 13.2. The number of carbonyl (C=O) groups is 1. The summed E-state index contributed by atoms with van der Waals surface area (Å²) in [6, 6.07) is 0. The maximum Gasteiger partial charge on any atom is 0.359 e. The molecule has 0 fully saturated rings. The number of aromatic nitrogens is 2. The fraction of sp³-hybridized carbons (Fsp3) is 0.667. The minimum atomic E-state index is -0.404. The number of hydrogen-bond donors (Lipinski definition) is 1. The highest BCUT2D eigenvalue weighted by molar-refractivity contribution is 5.93. The van der Waals surface area contributed by atoms with Crippen molar-refractivity contribution in [1.29, 1.82) is 0 Å². The van der Waals surface area contributed by atoms with Crippen LogP contribution in [-0.4, -0.2) is 21.9 Å². The van der Waals surface area contributed by atoms with Gasteiger partial charge in [0.05, 0.1) is 17.5 Å². The van der Waals surface area contributed by atoms with Crippen LogP contribution in [0.25, 0.3) is 0 Å². The molecular weight excluding hydrogens is 218 g/mol. The van der Waals surface area contributed by atoms with Gasteiger partial charge in [0.25, 0.3) is 0 Å². The number of hydrogen-bond acceptors (Lipinski definition) is 4. The van der Waals surface area contributed by atoms with E-state index < -0.39 is 5.97 Å². The number of carbonyl (C=O) groups excluding carboxylic acids is 1. The fourth-order valence-electron chi connectivity index (χ4n) is 1.87. The van der Waals surface area contributed by atoms with Gasteiger partial charge in [0.15, 0.2) is 5.69 Å². The van der Waals surface area contributed by atoms with Gasteiger partial charge < -0.3 is 10.5 Å². The van der Waals surface area contributed by atoms with E-state index in [1.807, 2.05) is 6.92 Å². The first-order valence-electron chi connectivity index (χ1n) is 5.83. The number of rotatable bonds is 4. The summed E-state index contributed by atoms with van der Waals surface area (Å²) in [6.07, 6.45) is 0.722. The average Bonchev–Trinajstić information content (AvgIpc) is 2.39. The molecule has 2 N–H and O–H groups in total. The third-order valence-corrected chi connectivity index (χ3v) is 2.57. The Morgan fingerprint density at radius 3 is 2.47 bits per heavy atom. The molecule has 0 saturated heterocycles. The average molecular weight is 239 g/mol. The van der Waals surface area contributed by atoms with Crippen molar-refractivity contribution in [2.75, 3.05) is 5.73 Å². The smallest absolute Gasteiger partial charge is 0.359 e. The highest BCUT2D eigenvalue weighted by Crippen LogP contribution is 2.18. The van der Waals surface area contributed by atoms with Gasteiger partial charge in [-0.1, -0.05) is 13.8 Å². The van der Waals surface area contributed by atoms with E-state index in [1.54, 1.807) is 14.0 Å². The van der Waals surface area contributed by atoms with Crippen molar-refractivity contribution in [3.63, 3.8) is 0 Å². The Balaban J connectivity index is 2.76. The summed E-state index contributed by atoms with van der Waals surface area (Å²) in [6.45, 7) is 7.83. The molecule has 1 aromatic heterocycles. The number of ether oxygens (including phenoxy) is 1. The van der Waals surface area contributed by atoms with E-state index in [0.29, 0.717) is 23.0 Å². The van der Waals surface area contributed by atoms with Gasteiger partial charge in [-0.05, 0) is 26.2 Å². The van der Waals surface area contributed by atoms with Gasteiger partial charge in [-0.3, -0.25) is 4.68 Å². The third-order valence-electron chi connectivity index (χ3n) is 2.57. The van der Waals surface area contributed by atoms with Crippen LogP contribution in [0, 0.1) is 12.8 Å². The lowest BCUT2D eigenvalue weighted by Crippen LogP contribution is -2.20. The Bertz CT molecular complexity index is 410. The molecule has 5 nitrogen and oxygen atoms in total. The van der Waals surface area contributed by atoms with Gasteiger partial charge in [0.2, 0.25) is 0 Å². The Kier molecular flexibility index (Phi) is 4.15. The van der Waals surface area contributed by atoms with E-state index in [0.717, 1.165) is 6.42 Å². The molecule has 17 heavy (non-hydrogen) atoms. The largest absolute Gasteiger partial charge is 0.458 e. The molecule has 5 heteroatoms. The Morgan fingerprint density at radius 2 is 2.06 bits per heavy atom. The van der Waals surface area contributed by atoms with Crippen molar-refractivity contribution < 1.29 is 9.53 Å². The summed E-state index contributed by atoms with van der Waals surface area (Å²) in [4.78, 5) is 11.9. The summed E-state index contributed by atoms with van der Waals surface area (Å²) in [5, 5.41) is 4.09. The van der Waals surface area contributed by atoms with Crippen LogP contribution >= 0.6 is 0 Å². The Morgan fingerprint density at radius 1 is 1.47 bits per heavy atom. The highest BCUT2D eigenvalue weighted by Gasteiger charge is 2.21. The SMILES string of the molecule is Cc1nn(C)c(C(=O)OC(C)CC(C)C)c1N. The first kappa shape index (κ1) is 13.5. The first-order chi connectivity index (χ1) is 7.82. The molecule has 0 aliphatic carbocycles. The summed E-state index contributed by atoms with van der Waals surface area (Å²) in [5.74, 6) is 0.0853. The predicted octanol–water partition coefficient (Wildman–Crippen LogP) is 1.90. The summed E-state index contributed by atoms with van der Waals surface area (Å²) in [7, 11) is 1.69. The fourth-order valence-corrected chi connectivity index (χ4v) is 1.87. The van der Waals surface area contributed by atoms with Crippen molar-refractivity contribution >= 4 is 11.7 Å². The van der Waals surface area contributed by atoms with Crippen LogP contribution < -0.4 is 5.73 Å². The van der Waals surface area contributed by atoms with Crippen LogP contribution in [0.15, 0.2) is 0 Å². The quantitative estimate of drug-likeness (QED) is 0.815. The normalized spacial score (nSPS) is 12.8. The number of nitrogen functional groups attached to an aromatic ring is 1. The number of nitrogens with two attached hydrogens (primary N) is 1. The Labute approximate surface area is 102 Å². The molecule has 1 unspecified atom stereocenters. The zero-order valence-electron chi connectivity index (χ0n) is 11.2. The summed E-state index contributed by atoms with van der Waals surface area (Å²) >= 11 is 0. The molecule has 1 atom stereocenters. The van der Waals surface area contributed by atoms with Crippen LogP contribution in [0.4, 0.5) is 5.69 Å². The molecule has 0 saturated carbocycles. The molecule has 0 aliphatic rings. The van der Waals surface area contributed by atoms with E-state index in [2.05, 4.69) is 18.9 Å². The van der Waals surface area contributed by atoms with Gasteiger partial charge in [0.1, 0.15) is 0 Å². The van der Waals surface area contributed by atoms with E-state index in [4.69, 9.17) is 10.5 Å². The molecular formula is C12H21N3O2. The van der Waals surface area contributed by atoms with Crippen LogP contribution in [0.2, 0.25) is 0 Å². The molecule has 1 heterocycles. The van der Waals surface area contributed by atoms with Crippen molar-refractivity contribution in [1.82, 2.24) is 9.78 Å². The standard InChI is InChI=1S/C12H21N3O2/c1-7(2)6-8(3)17-12(16)11-10(13)9(4)14-15(11)5/h7-8H,6,13H2,1-5H3. The zero-order valence-corrected chi connectivity index (χ0v) is 11.2. The molecule has 0 bridgehead atoms. The van der Waals surface area contributed by atoms with Crippen LogP contribution in [0.5, 0.6) is 0 Å². The Hall–Kier alpha value is -1.52. The summed E-state index contributed by atoms with van der Waals surface area (Å²) < 4.78 is 6.81.